The van der Waals surface area contributed by atoms with E-state index in [0.29, 0.717) is 19.4 Å². The van der Waals surface area contributed by atoms with Gasteiger partial charge in [-0.05, 0) is 72.9 Å². The number of benzene rings is 3. The quantitative estimate of drug-likeness (QED) is 0.182. The molecule has 3 aromatic carbocycles. The van der Waals surface area contributed by atoms with Crippen molar-refractivity contribution in [2.45, 2.75) is 81.8 Å². The van der Waals surface area contributed by atoms with Gasteiger partial charge in [-0.2, -0.15) is 0 Å². The van der Waals surface area contributed by atoms with Gasteiger partial charge in [-0.1, -0.05) is 85.5 Å². The van der Waals surface area contributed by atoms with Gasteiger partial charge in [0.05, 0.1) is 0 Å². The first-order chi connectivity index (χ1) is 19.0. The molecule has 0 bridgehead atoms. The minimum absolute atomic E-state index is 0.0229. The van der Waals surface area contributed by atoms with Crippen molar-refractivity contribution in [3.05, 3.63) is 101 Å². The van der Waals surface area contributed by atoms with E-state index in [1.54, 1.807) is 11.8 Å². The van der Waals surface area contributed by atoms with E-state index in [1.807, 2.05) is 71.6 Å². The van der Waals surface area contributed by atoms with Gasteiger partial charge < -0.3 is 10.2 Å². The van der Waals surface area contributed by atoms with E-state index in [0.717, 1.165) is 64.5 Å². The lowest BCUT2D eigenvalue weighted by atomic mass is 9.94. The Morgan fingerprint density at radius 3 is 2.36 bits per heavy atom. The van der Waals surface area contributed by atoms with E-state index in [-0.39, 0.29) is 17.9 Å². The molecule has 0 saturated heterocycles. The maximum Gasteiger partial charge on any atom is 0.243 e. The SMILES string of the molecule is Cc1ccccc1CN(C(=O)CCCSc1ccc(Cl)cc1)C(Cc1ccccc1)C(=O)NC1CCCCC1. The predicted octanol–water partition coefficient (Wildman–Crippen LogP) is 7.61. The van der Waals surface area contributed by atoms with Crippen molar-refractivity contribution in [1.82, 2.24) is 10.2 Å². The number of rotatable bonds is 12. The Bertz CT molecular complexity index is 1200. The molecule has 0 aliphatic heterocycles. The average molecular weight is 563 g/mol. The zero-order chi connectivity index (χ0) is 27.5. The van der Waals surface area contributed by atoms with Crippen LogP contribution in [0.4, 0.5) is 0 Å². The number of thioether (sulfide) groups is 1. The van der Waals surface area contributed by atoms with Gasteiger partial charge in [-0.3, -0.25) is 9.59 Å². The molecule has 1 fully saturated rings. The fraction of sp³-hybridized carbons (Fsp3) is 0.394. The Kier molecular flexibility index (Phi) is 11.3. The molecule has 206 valence electrons. The highest BCUT2D eigenvalue weighted by Gasteiger charge is 2.31. The van der Waals surface area contributed by atoms with Crippen molar-refractivity contribution in [2.24, 2.45) is 0 Å². The van der Waals surface area contributed by atoms with Gasteiger partial charge in [0.1, 0.15) is 6.04 Å². The van der Waals surface area contributed by atoms with E-state index >= 15 is 0 Å². The van der Waals surface area contributed by atoms with Crippen LogP contribution in [0.5, 0.6) is 0 Å². The van der Waals surface area contributed by atoms with Crippen LogP contribution < -0.4 is 5.32 Å². The Labute approximate surface area is 242 Å². The molecule has 39 heavy (non-hydrogen) atoms. The van der Waals surface area contributed by atoms with Gasteiger partial charge in [-0.25, -0.2) is 0 Å². The van der Waals surface area contributed by atoms with Gasteiger partial charge in [0.15, 0.2) is 0 Å². The third-order valence-corrected chi connectivity index (χ3v) is 8.79. The summed E-state index contributed by atoms with van der Waals surface area (Å²) in [5, 5.41) is 4.04. The van der Waals surface area contributed by atoms with Crippen molar-refractivity contribution < 1.29 is 9.59 Å². The zero-order valence-electron chi connectivity index (χ0n) is 22.8. The van der Waals surface area contributed by atoms with Gasteiger partial charge in [0, 0.05) is 35.3 Å². The van der Waals surface area contributed by atoms with Crippen LogP contribution in [0.25, 0.3) is 0 Å². The molecular formula is C33H39ClN2O2S. The lowest BCUT2D eigenvalue weighted by Gasteiger charge is -2.34. The Morgan fingerprint density at radius 2 is 1.64 bits per heavy atom. The number of nitrogens with one attached hydrogen (secondary N) is 1. The molecule has 4 nitrogen and oxygen atoms in total. The highest BCUT2D eigenvalue weighted by Crippen LogP contribution is 2.24. The predicted molar refractivity (Wildman–Crippen MR) is 162 cm³/mol. The summed E-state index contributed by atoms with van der Waals surface area (Å²) < 4.78 is 0. The van der Waals surface area contributed by atoms with Crippen LogP contribution in [0.2, 0.25) is 5.02 Å². The number of hydrogen-bond acceptors (Lipinski definition) is 3. The lowest BCUT2D eigenvalue weighted by Crippen LogP contribution is -2.52. The number of carbonyl (C=O) groups is 2. The number of hydrogen-bond donors (Lipinski definition) is 1. The first kappa shape index (κ1) is 29.2. The number of carbonyl (C=O) groups excluding carboxylic acids is 2. The molecule has 1 N–H and O–H groups in total. The second-order valence-electron chi connectivity index (χ2n) is 10.4. The van der Waals surface area contributed by atoms with E-state index in [2.05, 4.69) is 24.4 Å². The van der Waals surface area contributed by atoms with Crippen LogP contribution in [0.3, 0.4) is 0 Å². The second-order valence-corrected chi connectivity index (χ2v) is 12.0. The third-order valence-electron chi connectivity index (χ3n) is 7.44. The van der Waals surface area contributed by atoms with Crippen molar-refractivity contribution in [3.63, 3.8) is 0 Å². The normalized spacial score (nSPS) is 14.5. The van der Waals surface area contributed by atoms with Crippen LogP contribution in [-0.2, 0) is 22.6 Å². The summed E-state index contributed by atoms with van der Waals surface area (Å²) in [6.07, 6.45) is 7.17. The molecule has 0 heterocycles. The maximum atomic E-state index is 13.9. The van der Waals surface area contributed by atoms with Gasteiger partial charge in [0.25, 0.3) is 0 Å². The molecule has 0 spiro atoms. The standard InChI is InChI=1S/C33H39ClN2O2S/c1-25-11-8-9-14-27(25)24-36(32(37)17-10-22-39-30-20-18-28(34)19-21-30)31(23-26-12-4-2-5-13-26)33(38)35-29-15-6-3-7-16-29/h2,4-5,8-9,11-14,18-21,29,31H,3,6-7,10,15-17,22-24H2,1H3,(H,35,38). The molecule has 1 aliphatic rings. The first-order valence-corrected chi connectivity index (χ1v) is 15.4. The summed E-state index contributed by atoms with van der Waals surface area (Å²) in [6.45, 7) is 2.49. The molecule has 1 aliphatic carbocycles. The molecule has 1 saturated carbocycles. The van der Waals surface area contributed by atoms with Crippen LogP contribution in [0, 0.1) is 6.92 Å². The molecule has 1 atom stereocenters. The molecule has 3 aromatic rings. The molecule has 0 aromatic heterocycles. The maximum absolute atomic E-state index is 13.9. The number of aryl methyl sites for hydroxylation is 1. The Hall–Kier alpha value is -2.76. The minimum atomic E-state index is -0.564. The van der Waals surface area contributed by atoms with Gasteiger partial charge >= 0.3 is 0 Å². The summed E-state index contributed by atoms with van der Waals surface area (Å²) >= 11 is 7.73. The fourth-order valence-electron chi connectivity index (χ4n) is 5.16. The van der Waals surface area contributed by atoms with Crippen molar-refractivity contribution >= 4 is 35.2 Å². The largest absolute Gasteiger partial charge is 0.352 e. The molecule has 2 amide bonds. The fourth-order valence-corrected chi connectivity index (χ4v) is 6.14. The van der Waals surface area contributed by atoms with E-state index < -0.39 is 6.04 Å². The van der Waals surface area contributed by atoms with Crippen molar-refractivity contribution in [1.29, 1.82) is 0 Å². The highest BCUT2D eigenvalue weighted by molar-refractivity contribution is 7.99. The number of halogens is 1. The second kappa shape index (κ2) is 15.1. The molecule has 6 heteroatoms. The molecule has 0 radical (unpaired) electrons. The van der Waals surface area contributed by atoms with E-state index in [4.69, 9.17) is 11.6 Å². The molecule has 4 rings (SSSR count). The lowest BCUT2D eigenvalue weighted by molar-refractivity contribution is -0.141. The summed E-state index contributed by atoms with van der Waals surface area (Å²) in [7, 11) is 0. The third kappa shape index (κ3) is 9.15. The monoisotopic (exact) mass is 562 g/mol. The summed E-state index contributed by atoms with van der Waals surface area (Å²) in [4.78, 5) is 30.7. The smallest absolute Gasteiger partial charge is 0.243 e. The molecular weight excluding hydrogens is 524 g/mol. The Morgan fingerprint density at radius 1 is 0.949 bits per heavy atom. The molecule has 1 unspecified atom stereocenters. The van der Waals surface area contributed by atoms with Gasteiger partial charge in [-0.15, -0.1) is 11.8 Å². The average Bonchev–Trinajstić information content (AvgIpc) is 2.96. The van der Waals surface area contributed by atoms with Gasteiger partial charge in [0.2, 0.25) is 11.8 Å². The van der Waals surface area contributed by atoms with Crippen LogP contribution in [0.1, 0.15) is 61.6 Å². The minimum Gasteiger partial charge on any atom is -0.352 e. The topological polar surface area (TPSA) is 49.4 Å². The summed E-state index contributed by atoms with van der Waals surface area (Å²) in [5.74, 6) is 0.807. The van der Waals surface area contributed by atoms with Crippen molar-refractivity contribution in [3.8, 4) is 0 Å². The zero-order valence-corrected chi connectivity index (χ0v) is 24.4. The number of amides is 2. The van der Waals surface area contributed by atoms with E-state index in [9.17, 15) is 9.59 Å². The van der Waals surface area contributed by atoms with E-state index in [1.165, 1.54) is 6.42 Å². The highest BCUT2D eigenvalue weighted by atomic mass is 35.5. The Balaban J connectivity index is 1.52. The van der Waals surface area contributed by atoms with Crippen LogP contribution in [-0.4, -0.2) is 34.6 Å². The first-order valence-electron chi connectivity index (χ1n) is 14.1. The van der Waals surface area contributed by atoms with Crippen LogP contribution >= 0.6 is 23.4 Å². The summed E-state index contributed by atoms with van der Waals surface area (Å²) in [5.41, 5.74) is 3.26. The van der Waals surface area contributed by atoms with Crippen molar-refractivity contribution in [2.75, 3.05) is 5.75 Å². The van der Waals surface area contributed by atoms with Crippen LogP contribution in [0.15, 0.2) is 83.8 Å². The number of nitrogens with zero attached hydrogens (tertiary/aromatic N) is 1. The summed E-state index contributed by atoms with van der Waals surface area (Å²) in [6, 6.07) is 25.6.